The minimum Gasteiger partial charge on any atom is -0.444 e. The van der Waals surface area contributed by atoms with Gasteiger partial charge in [0.25, 0.3) is 0 Å². The van der Waals surface area contributed by atoms with Gasteiger partial charge >= 0.3 is 6.09 Å². The second-order valence-electron chi connectivity index (χ2n) is 4.91. The van der Waals surface area contributed by atoms with Gasteiger partial charge in [-0.3, -0.25) is 10.2 Å². The summed E-state index contributed by atoms with van der Waals surface area (Å²) < 4.78 is 5.15. The summed E-state index contributed by atoms with van der Waals surface area (Å²) in [6, 6.07) is 0.342. The first kappa shape index (κ1) is 15.7. The molecule has 0 heterocycles. The van der Waals surface area contributed by atoms with Crippen molar-refractivity contribution in [3.8, 4) is 0 Å². The molecule has 0 aromatic heterocycles. The molecular weight excluding hydrogens is 222 g/mol. The van der Waals surface area contributed by atoms with Crippen LogP contribution in [0.1, 0.15) is 46.5 Å². The normalized spacial score (nSPS) is 15.5. The lowest BCUT2D eigenvalue weighted by Crippen LogP contribution is -2.37. The van der Waals surface area contributed by atoms with Crippen LogP contribution in [0.2, 0.25) is 0 Å². The largest absolute Gasteiger partial charge is 0.444 e. The molecule has 0 spiro atoms. The molecular formula is C11H23N3O3. The van der Waals surface area contributed by atoms with E-state index in [0.29, 0.717) is 12.5 Å². The van der Waals surface area contributed by atoms with Crippen molar-refractivity contribution in [2.75, 3.05) is 0 Å². The summed E-state index contributed by atoms with van der Waals surface area (Å²) in [7, 11) is 0. The minimum atomic E-state index is -0.386. The van der Waals surface area contributed by atoms with Crippen LogP contribution in [0, 0.1) is 0 Å². The second-order valence-corrected chi connectivity index (χ2v) is 4.91. The number of rotatable bonds is 2. The number of hydrogen-bond donors (Lipinski definition) is 3. The van der Waals surface area contributed by atoms with E-state index >= 15 is 0 Å². The quantitative estimate of drug-likeness (QED) is 0.293. The molecule has 1 aliphatic carbocycles. The van der Waals surface area contributed by atoms with Crippen LogP contribution in [-0.2, 0) is 9.53 Å². The van der Waals surface area contributed by atoms with Gasteiger partial charge in [0.15, 0.2) is 0 Å². The van der Waals surface area contributed by atoms with Crippen molar-refractivity contribution in [3.63, 3.8) is 0 Å². The first-order valence-electron chi connectivity index (χ1n) is 5.78. The zero-order valence-corrected chi connectivity index (χ0v) is 10.8. The Morgan fingerprint density at radius 3 is 2.18 bits per heavy atom. The van der Waals surface area contributed by atoms with Crippen LogP contribution < -0.4 is 16.6 Å². The standard InChI is InChI=1S/C10H19NO2.CH4N2O/c1-10(2,3)13-9(12)11-8-6-4-5-7-8;2-3-1-4/h8H,4-7H2,1-3H3,(H,11,12);1H,2H2,(H,3,4). The highest BCUT2D eigenvalue weighted by Crippen LogP contribution is 2.18. The third-order valence-corrected chi connectivity index (χ3v) is 2.14. The van der Waals surface area contributed by atoms with Gasteiger partial charge < -0.3 is 10.1 Å². The lowest BCUT2D eigenvalue weighted by Gasteiger charge is -2.21. The summed E-state index contributed by atoms with van der Waals surface area (Å²) in [4.78, 5) is 20.2. The monoisotopic (exact) mass is 245 g/mol. The summed E-state index contributed by atoms with van der Waals surface area (Å²) in [5, 5.41) is 2.87. The van der Waals surface area contributed by atoms with Crippen LogP contribution in [0.3, 0.4) is 0 Å². The maximum absolute atomic E-state index is 11.3. The molecule has 17 heavy (non-hydrogen) atoms. The highest BCUT2D eigenvalue weighted by molar-refractivity contribution is 5.68. The van der Waals surface area contributed by atoms with Crippen molar-refractivity contribution in [3.05, 3.63) is 0 Å². The van der Waals surface area contributed by atoms with E-state index in [0.717, 1.165) is 12.8 Å². The molecule has 1 rings (SSSR count). The van der Waals surface area contributed by atoms with Crippen molar-refractivity contribution < 1.29 is 14.3 Å². The molecule has 1 aliphatic rings. The van der Waals surface area contributed by atoms with Gasteiger partial charge in [0.2, 0.25) is 6.41 Å². The summed E-state index contributed by atoms with van der Waals surface area (Å²) in [6.45, 7) is 5.63. The number of amides is 2. The first-order chi connectivity index (χ1) is 7.89. The average molecular weight is 245 g/mol. The van der Waals surface area contributed by atoms with Crippen LogP contribution in [0.25, 0.3) is 0 Å². The number of hydrazine groups is 1. The highest BCUT2D eigenvalue weighted by atomic mass is 16.6. The van der Waals surface area contributed by atoms with Gasteiger partial charge in [0, 0.05) is 6.04 Å². The van der Waals surface area contributed by atoms with Gasteiger partial charge in [-0.2, -0.15) is 0 Å². The molecule has 1 fully saturated rings. The van der Waals surface area contributed by atoms with Gasteiger partial charge in [-0.1, -0.05) is 12.8 Å². The maximum atomic E-state index is 11.3. The Hall–Kier alpha value is -1.30. The molecule has 0 unspecified atom stereocenters. The molecule has 6 heteroatoms. The smallest absolute Gasteiger partial charge is 0.407 e. The van der Waals surface area contributed by atoms with Crippen LogP contribution in [0.15, 0.2) is 0 Å². The van der Waals surface area contributed by atoms with Crippen LogP contribution in [-0.4, -0.2) is 24.1 Å². The number of ether oxygens (including phenoxy) is 1. The number of nitrogens with two attached hydrogens (primary N) is 1. The van der Waals surface area contributed by atoms with Crippen molar-refractivity contribution in [1.29, 1.82) is 0 Å². The Morgan fingerprint density at radius 1 is 1.35 bits per heavy atom. The summed E-state index contributed by atoms with van der Waals surface area (Å²) in [6.07, 6.45) is 4.76. The maximum Gasteiger partial charge on any atom is 0.407 e. The molecule has 100 valence electrons. The molecule has 0 aromatic carbocycles. The number of hydrogen-bond acceptors (Lipinski definition) is 4. The predicted molar refractivity (Wildman–Crippen MR) is 65.0 cm³/mol. The lowest BCUT2D eigenvalue weighted by molar-refractivity contribution is -0.109. The molecule has 4 N–H and O–H groups in total. The topological polar surface area (TPSA) is 93.4 Å². The van der Waals surface area contributed by atoms with E-state index in [-0.39, 0.29) is 11.7 Å². The molecule has 2 amide bonds. The number of carbonyl (C=O) groups excluding carboxylic acids is 2. The first-order valence-corrected chi connectivity index (χ1v) is 5.78. The van der Waals surface area contributed by atoms with Gasteiger partial charge in [-0.15, -0.1) is 0 Å². The van der Waals surface area contributed by atoms with Gasteiger partial charge in [-0.25, -0.2) is 10.6 Å². The zero-order valence-electron chi connectivity index (χ0n) is 10.8. The fourth-order valence-corrected chi connectivity index (χ4v) is 1.54. The average Bonchev–Trinajstić information content (AvgIpc) is 2.67. The summed E-state index contributed by atoms with van der Waals surface area (Å²) in [5.74, 6) is 4.41. The minimum absolute atomic E-state index is 0.278. The Bertz CT molecular complexity index is 233. The third kappa shape index (κ3) is 9.62. The van der Waals surface area contributed by atoms with Crippen molar-refractivity contribution >= 4 is 12.5 Å². The Labute approximate surface area is 102 Å². The van der Waals surface area contributed by atoms with E-state index in [2.05, 4.69) is 11.2 Å². The SMILES string of the molecule is CC(C)(C)OC(=O)NC1CCCC1.NNC=O. The Kier molecular flexibility index (Phi) is 7.29. The third-order valence-electron chi connectivity index (χ3n) is 2.14. The van der Waals surface area contributed by atoms with Crippen LogP contribution in [0.4, 0.5) is 4.79 Å². The number of carbonyl (C=O) groups is 2. The fourth-order valence-electron chi connectivity index (χ4n) is 1.54. The zero-order chi connectivity index (χ0) is 13.3. The van der Waals surface area contributed by atoms with Crippen molar-refractivity contribution in [2.24, 2.45) is 5.84 Å². The van der Waals surface area contributed by atoms with Crippen molar-refractivity contribution in [1.82, 2.24) is 10.7 Å². The predicted octanol–water partition coefficient (Wildman–Crippen LogP) is 1.06. The van der Waals surface area contributed by atoms with E-state index in [1.165, 1.54) is 12.8 Å². The Morgan fingerprint density at radius 2 is 1.82 bits per heavy atom. The van der Waals surface area contributed by atoms with E-state index in [4.69, 9.17) is 9.53 Å². The van der Waals surface area contributed by atoms with Gasteiger partial charge in [-0.05, 0) is 33.6 Å². The molecule has 0 aromatic rings. The van der Waals surface area contributed by atoms with Crippen LogP contribution in [0.5, 0.6) is 0 Å². The second kappa shape index (κ2) is 7.89. The van der Waals surface area contributed by atoms with Gasteiger partial charge in [0.05, 0.1) is 0 Å². The van der Waals surface area contributed by atoms with E-state index in [1.54, 1.807) is 5.43 Å². The molecule has 0 bridgehead atoms. The molecule has 1 saturated carbocycles. The summed E-state index contributed by atoms with van der Waals surface area (Å²) >= 11 is 0. The summed E-state index contributed by atoms with van der Waals surface area (Å²) in [5.41, 5.74) is 1.36. The van der Waals surface area contributed by atoms with E-state index in [9.17, 15) is 4.79 Å². The number of nitrogens with one attached hydrogen (secondary N) is 2. The lowest BCUT2D eigenvalue weighted by atomic mass is 10.2. The molecule has 6 nitrogen and oxygen atoms in total. The van der Waals surface area contributed by atoms with Crippen molar-refractivity contribution in [2.45, 2.75) is 58.1 Å². The fraction of sp³-hybridized carbons (Fsp3) is 0.818. The van der Waals surface area contributed by atoms with Gasteiger partial charge in [0.1, 0.15) is 5.60 Å². The van der Waals surface area contributed by atoms with E-state index < -0.39 is 0 Å². The number of alkyl carbamates (subject to hydrolysis) is 1. The van der Waals surface area contributed by atoms with Crippen LogP contribution >= 0.6 is 0 Å². The molecule has 0 radical (unpaired) electrons. The van der Waals surface area contributed by atoms with E-state index in [1.807, 2.05) is 20.8 Å². The molecule has 0 atom stereocenters. The highest BCUT2D eigenvalue weighted by Gasteiger charge is 2.21. The Balaban J connectivity index is 0.000000557. The molecule has 0 saturated heterocycles. The molecule has 0 aliphatic heterocycles.